The van der Waals surface area contributed by atoms with Crippen LogP contribution in [0.4, 0.5) is 4.39 Å². The molecular weight excluding hydrogens is 205 g/mol. The molecular formula is C13H18FNO. The van der Waals surface area contributed by atoms with E-state index in [4.69, 9.17) is 0 Å². The maximum absolute atomic E-state index is 12.7. The summed E-state index contributed by atoms with van der Waals surface area (Å²) in [6, 6.07) is 6.66. The van der Waals surface area contributed by atoms with Crippen molar-refractivity contribution < 1.29 is 9.50 Å². The lowest BCUT2D eigenvalue weighted by atomic mass is 10.2. The SMILES string of the molecule is OC1CCCN(Cc2ccc(F)cc2)CC1. The molecule has 1 aliphatic heterocycles. The van der Waals surface area contributed by atoms with Crippen LogP contribution < -0.4 is 0 Å². The highest BCUT2D eigenvalue weighted by molar-refractivity contribution is 5.15. The molecule has 16 heavy (non-hydrogen) atoms. The molecule has 1 N–H and O–H groups in total. The molecule has 1 fully saturated rings. The van der Waals surface area contributed by atoms with E-state index in [-0.39, 0.29) is 11.9 Å². The Hall–Kier alpha value is -0.930. The largest absolute Gasteiger partial charge is 0.393 e. The third-order valence-electron chi connectivity index (χ3n) is 3.11. The van der Waals surface area contributed by atoms with Crippen molar-refractivity contribution >= 4 is 0 Å². The molecule has 0 radical (unpaired) electrons. The van der Waals surface area contributed by atoms with E-state index in [1.165, 1.54) is 12.1 Å². The van der Waals surface area contributed by atoms with Gasteiger partial charge in [0.2, 0.25) is 0 Å². The zero-order valence-electron chi connectivity index (χ0n) is 9.40. The standard InChI is InChI=1S/C13H18FNO/c14-12-5-3-11(4-6-12)10-15-8-1-2-13(16)7-9-15/h3-6,13,16H,1-2,7-10H2. The van der Waals surface area contributed by atoms with Crippen LogP contribution in [0.1, 0.15) is 24.8 Å². The monoisotopic (exact) mass is 223 g/mol. The van der Waals surface area contributed by atoms with Crippen LogP contribution in [0.5, 0.6) is 0 Å². The summed E-state index contributed by atoms with van der Waals surface area (Å²) in [6.07, 6.45) is 2.65. The molecule has 88 valence electrons. The molecule has 1 heterocycles. The van der Waals surface area contributed by atoms with Crippen molar-refractivity contribution in [1.29, 1.82) is 0 Å². The van der Waals surface area contributed by atoms with Gasteiger partial charge in [-0.15, -0.1) is 0 Å². The maximum Gasteiger partial charge on any atom is 0.123 e. The number of aliphatic hydroxyl groups is 1. The lowest BCUT2D eigenvalue weighted by Gasteiger charge is -2.19. The van der Waals surface area contributed by atoms with Crippen molar-refractivity contribution in [2.45, 2.75) is 31.9 Å². The van der Waals surface area contributed by atoms with Crippen LogP contribution in [0.2, 0.25) is 0 Å². The topological polar surface area (TPSA) is 23.5 Å². The van der Waals surface area contributed by atoms with E-state index in [1.54, 1.807) is 0 Å². The molecule has 1 aromatic carbocycles. The number of hydrogen-bond donors (Lipinski definition) is 1. The van der Waals surface area contributed by atoms with Crippen LogP contribution in [-0.2, 0) is 6.54 Å². The third-order valence-corrected chi connectivity index (χ3v) is 3.11. The van der Waals surface area contributed by atoms with Gasteiger partial charge in [-0.3, -0.25) is 4.90 Å². The molecule has 1 saturated heterocycles. The average Bonchev–Trinajstić information content (AvgIpc) is 2.47. The van der Waals surface area contributed by atoms with Crippen LogP contribution in [0, 0.1) is 5.82 Å². The number of likely N-dealkylation sites (tertiary alicyclic amines) is 1. The minimum atomic E-state index is -0.185. The maximum atomic E-state index is 12.7. The van der Waals surface area contributed by atoms with Crippen molar-refractivity contribution in [2.24, 2.45) is 0 Å². The van der Waals surface area contributed by atoms with Crippen LogP contribution in [0.15, 0.2) is 24.3 Å². The lowest BCUT2D eigenvalue weighted by molar-refractivity contribution is 0.154. The van der Waals surface area contributed by atoms with E-state index >= 15 is 0 Å². The summed E-state index contributed by atoms with van der Waals surface area (Å²) in [5, 5.41) is 9.53. The second-order valence-electron chi connectivity index (χ2n) is 4.49. The Kier molecular flexibility index (Phi) is 3.91. The Balaban J connectivity index is 1.91. The van der Waals surface area contributed by atoms with Gasteiger partial charge in [-0.1, -0.05) is 12.1 Å². The van der Waals surface area contributed by atoms with Gasteiger partial charge in [-0.2, -0.15) is 0 Å². The molecule has 0 aliphatic carbocycles. The Bertz CT molecular complexity index is 325. The number of rotatable bonds is 2. The van der Waals surface area contributed by atoms with Crippen molar-refractivity contribution in [1.82, 2.24) is 4.90 Å². The second kappa shape index (κ2) is 5.41. The predicted octanol–water partition coefficient (Wildman–Crippen LogP) is 2.17. The first kappa shape index (κ1) is 11.6. The van der Waals surface area contributed by atoms with Gasteiger partial charge in [-0.25, -0.2) is 4.39 Å². The van der Waals surface area contributed by atoms with Crippen LogP contribution in [0.3, 0.4) is 0 Å². The van der Waals surface area contributed by atoms with Gasteiger partial charge in [0.15, 0.2) is 0 Å². The third kappa shape index (κ3) is 3.29. The molecule has 0 saturated carbocycles. The van der Waals surface area contributed by atoms with Gasteiger partial charge < -0.3 is 5.11 Å². The molecule has 2 rings (SSSR count). The predicted molar refractivity (Wildman–Crippen MR) is 61.5 cm³/mol. The molecule has 1 atom stereocenters. The van der Waals surface area contributed by atoms with E-state index in [2.05, 4.69) is 4.90 Å². The van der Waals surface area contributed by atoms with Crippen LogP contribution in [0.25, 0.3) is 0 Å². The zero-order valence-corrected chi connectivity index (χ0v) is 9.40. The molecule has 1 aromatic rings. The highest BCUT2D eigenvalue weighted by Gasteiger charge is 2.14. The fraction of sp³-hybridized carbons (Fsp3) is 0.538. The summed E-state index contributed by atoms with van der Waals surface area (Å²) < 4.78 is 12.7. The Labute approximate surface area is 95.7 Å². The lowest BCUT2D eigenvalue weighted by Crippen LogP contribution is -2.24. The summed E-state index contributed by atoms with van der Waals surface area (Å²) in [4.78, 5) is 2.32. The molecule has 0 aromatic heterocycles. The molecule has 1 unspecified atom stereocenters. The summed E-state index contributed by atoms with van der Waals surface area (Å²) >= 11 is 0. The molecule has 0 amide bonds. The minimum absolute atomic E-state index is 0.141. The fourth-order valence-electron chi connectivity index (χ4n) is 2.14. The first-order valence-corrected chi connectivity index (χ1v) is 5.89. The smallest absolute Gasteiger partial charge is 0.123 e. The number of nitrogens with zero attached hydrogens (tertiary/aromatic N) is 1. The van der Waals surface area contributed by atoms with Gasteiger partial charge in [0.05, 0.1) is 6.10 Å². The Morgan fingerprint density at radius 2 is 1.94 bits per heavy atom. The molecule has 1 aliphatic rings. The van der Waals surface area contributed by atoms with Crippen molar-refractivity contribution in [3.8, 4) is 0 Å². The normalized spacial score (nSPS) is 23.0. The average molecular weight is 223 g/mol. The van der Waals surface area contributed by atoms with E-state index < -0.39 is 0 Å². The summed E-state index contributed by atoms with van der Waals surface area (Å²) in [5.41, 5.74) is 1.14. The summed E-state index contributed by atoms with van der Waals surface area (Å²) in [6.45, 7) is 2.81. The second-order valence-corrected chi connectivity index (χ2v) is 4.49. The minimum Gasteiger partial charge on any atom is -0.393 e. The highest BCUT2D eigenvalue weighted by atomic mass is 19.1. The van der Waals surface area contributed by atoms with E-state index in [9.17, 15) is 9.50 Å². The summed E-state index contributed by atoms with van der Waals surface area (Å²) in [5.74, 6) is -0.185. The Morgan fingerprint density at radius 3 is 2.69 bits per heavy atom. The van der Waals surface area contributed by atoms with Gasteiger partial charge in [0.1, 0.15) is 5.82 Å². The molecule has 0 bridgehead atoms. The van der Waals surface area contributed by atoms with Crippen LogP contribution >= 0.6 is 0 Å². The Morgan fingerprint density at radius 1 is 1.19 bits per heavy atom. The number of halogens is 1. The first-order chi connectivity index (χ1) is 7.74. The van der Waals surface area contributed by atoms with E-state index in [0.717, 1.165) is 44.5 Å². The van der Waals surface area contributed by atoms with Gasteiger partial charge in [-0.05, 0) is 43.5 Å². The number of aliphatic hydroxyl groups excluding tert-OH is 1. The number of hydrogen-bond acceptors (Lipinski definition) is 2. The van der Waals surface area contributed by atoms with Gasteiger partial charge in [0.25, 0.3) is 0 Å². The fourth-order valence-corrected chi connectivity index (χ4v) is 2.14. The number of benzene rings is 1. The summed E-state index contributed by atoms with van der Waals surface area (Å²) in [7, 11) is 0. The molecule has 3 heteroatoms. The van der Waals surface area contributed by atoms with Gasteiger partial charge >= 0.3 is 0 Å². The highest BCUT2D eigenvalue weighted by Crippen LogP contribution is 2.14. The van der Waals surface area contributed by atoms with Crippen molar-refractivity contribution in [2.75, 3.05) is 13.1 Å². The van der Waals surface area contributed by atoms with Crippen molar-refractivity contribution in [3.63, 3.8) is 0 Å². The van der Waals surface area contributed by atoms with Crippen molar-refractivity contribution in [3.05, 3.63) is 35.6 Å². The zero-order chi connectivity index (χ0) is 11.4. The molecule has 0 spiro atoms. The van der Waals surface area contributed by atoms with E-state index in [1.807, 2.05) is 12.1 Å². The molecule has 2 nitrogen and oxygen atoms in total. The van der Waals surface area contributed by atoms with Gasteiger partial charge in [0, 0.05) is 13.1 Å². The van der Waals surface area contributed by atoms with Crippen LogP contribution in [-0.4, -0.2) is 29.2 Å². The first-order valence-electron chi connectivity index (χ1n) is 5.89. The quantitative estimate of drug-likeness (QED) is 0.830. The van der Waals surface area contributed by atoms with E-state index in [0.29, 0.717) is 0 Å².